The van der Waals surface area contributed by atoms with E-state index in [9.17, 15) is 0 Å². The lowest BCUT2D eigenvalue weighted by Gasteiger charge is -2.23. The molecule has 0 unspecified atom stereocenters. The Labute approximate surface area is 102 Å². The van der Waals surface area contributed by atoms with Crippen LogP contribution in [0.15, 0.2) is 36.4 Å². The zero-order valence-corrected chi connectivity index (χ0v) is 10.3. The van der Waals surface area contributed by atoms with Crippen LogP contribution in [0.2, 0.25) is 0 Å². The summed E-state index contributed by atoms with van der Waals surface area (Å²) in [6.45, 7) is 2.58. The highest BCUT2D eigenvalue weighted by Gasteiger charge is 2.14. The molecule has 1 aliphatic heterocycles. The van der Waals surface area contributed by atoms with Crippen LogP contribution in [0.25, 0.3) is 0 Å². The molecule has 0 saturated heterocycles. The molecule has 2 rings (SSSR count). The molecule has 1 aromatic carbocycles. The van der Waals surface area contributed by atoms with Gasteiger partial charge in [-0.05, 0) is 24.6 Å². The zero-order chi connectivity index (χ0) is 12.1. The molecule has 0 amide bonds. The Balaban J connectivity index is 1.83. The predicted molar refractivity (Wildman–Crippen MR) is 65.9 cm³/mol. The number of methoxy groups -OCH3 is 1. The predicted octanol–water partition coefficient (Wildman–Crippen LogP) is 2.90. The monoisotopic (exact) mass is 234 g/mol. The summed E-state index contributed by atoms with van der Waals surface area (Å²) in [5.74, 6) is 0.860. The van der Waals surface area contributed by atoms with E-state index < -0.39 is 0 Å². The largest absolute Gasteiger partial charge is 0.497 e. The van der Waals surface area contributed by atoms with E-state index in [0.717, 1.165) is 17.7 Å². The lowest BCUT2D eigenvalue weighted by Crippen LogP contribution is -2.24. The maximum absolute atomic E-state index is 5.70. The fourth-order valence-electron chi connectivity index (χ4n) is 1.74. The molecule has 92 valence electrons. The van der Waals surface area contributed by atoms with Gasteiger partial charge >= 0.3 is 0 Å². The molecule has 0 saturated carbocycles. The van der Waals surface area contributed by atoms with Crippen molar-refractivity contribution in [2.45, 2.75) is 32.3 Å². The van der Waals surface area contributed by atoms with Crippen LogP contribution in [-0.4, -0.2) is 19.5 Å². The van der Waals surface area contributed by atoms with Crippen molar-refractivity contribution in [3.05, 3.63) is 42.0 Å². The highest BCUT2D eigenvalue weighted by molar-refractivity contribution is 5.26. The third-order valence-corrected chi connectivity index (χ3v) is 2.70. The van der Waals surface area contributed by atoms with E-state index in [4.69, 9.17) is 14.2 Å². The summed E-state index contributed by atoms with van der Waals surface area (Å²) in [6, 6.07) is 7.87. The van der Waals surface area contributed by atoms with Gasteiger partial charge < -0.3 is 14.2 Å². The maximum Gasteiger partial charge on any atom is 0.162 e. The molecule has 0 bridgehead atoms. The van der Waals surface area contributed by atoms with Gasteiger partial charge in [-0.3, -0.25) is 0 Å². The van der Waals surface area contributed by atoms with Crippen molar-refractivity contribution in [1.29, 1.82) is 0 Å². The van der Waals surface area contributed by atoms with Gasteiger partial charge in [0.1, 0.15) is 5.75 Å². The molecule has 1 aliphatic rings. The Hall–Kier alpha value is -1.32. The summed E-state index contributed by atoms with van der Waals surface area (Å²) in [5, 5.41) is 0. The van der Waals surface area contributed by atoms with E-state index in [2.05, 4.69) is 6.08 Å². The normalized spacial score (nSPS) is 23.6. The first-order valence-electron chi connectivity index (χ1n) is 5.84. The van der Waals surface area contributed by atoms with Crippen molar-refractivity contribution in [3.63, 3.8) is 0 Å². The minimum absolute atomic E-state index is 0.128. The molecule has 3 nitrogen and oxygen atoms in total. The second-order valence-electron chi connectivity index (χ2n) is 4.09. The first-order valence-corrected chi connectivity index (χ1v) is 5.84. The second kappa shape index (κ2) is 5.84. The van der Waals surface area contributed by atoms with E-state index in [-0.39, 0.29) is 12.4 Å². The number of hydrogen-bond acceptors (Lipinski definition) is 3. The van der Waals surface area contributed by atoms with Crippen molar-refractivity contribution in [1.82, 2.24) is 0 Å². The van der Waals surface area contributed by atoms with Gasteiger partial charge in [-0.15, -0.1) is 0 Å². The van der Waals surface area contributed by atoms with Gasteiger partial charge in [0.15, 0.2) is 6.29 Å². The summed E-state index contributed by atoms with van der Waals surface area (Å²) >= 11 is 0. The van der Waals surface area contributed by atoms with E-state index in [1.165, 1.54) is 0 Å². The quantitative estimate of drug-likeness (QED) is 0.750. The minimum atomic E-state index is -0.128. The molecule has 0 spiro atoms. The fraction of sp³-hybridized carbons (Fsp3) is 0.429. The van der Waals surface area contributed by atoms with Crippen molar-refractivity contribution in [3.8, 4) is 5.75 Å². The Morgan fingerprint density at radius 3 is 2.71 bits per heavy atom. The molecule has 1 aromatic rings. The Morgan fingerprint density at radius 1 is 1.29 bits per heavy atom. The first kappa shape index (κ1) is 12.1. The second-order valence-corrected chi connectivity index (χ2v) is 4.09. The SMILES string of the molecule is COc1ccc(CO[C@H]2CC=C[C@@H](C)O2)cc1. The van der Waals surface area contributed by atoms with Gasteiger partial charge in [-0.2, -0.15) is 0 Å². The third kappa shape index (κ3) is 3.58. The first-order chi connectivity index (χ1) is 8.28. The zero-order valence-electron chi connectivity index (χ0n) is 10.3. The van der Waals surface area contributed by atoms with Crippen LogP contribution in [0.3, 0.4) is 0 Å². The molecule has 17 heavy (non-hydrogen) atoms. The molecule has 0 fully saturated rings. The molecular formula is C14H18O3. The van der Waals surface area contributed by atoms with E-state index >= 15 is 0 Å². The Morgan fingerprint density at radius 2 is 2.06 bits per heavy atom. The van der Waals surface area contributed by atoms with Crippen molar-refractivity contribution in [2.24, 2.45) is 0 Å². The summed E-state index contributed by atoms with van der Waals surface area (Å²) in [4.78, 5) is 0. The van der Waals surface area contributed by atoms with E-state index in [1.54, 1.807) is 7.11 Å². The van der Waals surface area contributed by atoms with Gasteiger partial charge in [0.2, 0.25) is 0 Å². The van der Waals surface area contributed by atoms with Gasteiger partial charge in [0, 0.05) is 6.42 Å². The molecule has 0 aromatic heterocycles. The molecule has 0 N–H and O–H groups in total. The van der Waals surface area contributed by atoms with Gasteiger partial charge in [-0.25, -0.2) is 0 Å². The molecule has 1 heterocycles. The molecular weight excluding hydrogens is 216 g/mol. The number of benzene rings is 1. The van der Waals surface area contributed by atoms with Crippen molar-refractivity contribution >= 4 is 0 Å². The topological polar surface area (TPSA) is 27.7 Å². The summed E-state index contributed by atoms with van der Waals surface area (Å²) in [5.41, 5.74) is 1.12. The molecule has 3 heteroatoms. The fourth-order valence-corrected chi connectivity index (χ4v) is 1.74. The maximum atomic E-state index is 5.70. The van der Waals surface area contributed by atoms with E-state index in [0.29, 0.717) is 6.61 Å². The van der Waals surface area contributed by atoms with Crippen LogP contribution in [-0.2, 0) is 16.1 Å². The summed E-state index contributed by atoms with van der Waals surface area (Å²) in [7, 11) is 1.66. The lowest BCUT2D eigenvalue weighted by atomic mass is 10.2. The molecule has 0 radical (unpaired) electrons. The Kier molecular flexibility index (Phi) is 4.18. The summed E-state index contributed by atoms with van der Waals surface area (Å²) in [6.07, 6.45) is 4.99. The van der Waals surface area contributed by atoms with Crippen LogP contribution in [0.4, 0.5) is 0 Å². The average Bonchev–Trinajstić information content (AvgIpc) is 2.37. The molecule has 2 atom stereocenters. The third-order valence-electron chi connectivity index (χ3n) is 2.70. The van der Waals surface area contributed by atoms with E-state index in [1.807, 2.05) is 37.3 Å². The van der Waals surface area contributed by atoms with Crippen LogP contribution >= 0.6 is 0 Å². The van der Waals surface area contributed by atoms with Gasteiger partial charge in [0.05, 0.1) is 19.8 Å². The average molecular weight is 234 g/mol. The van der Waals surface area contributed by atoms with Gasteiger partial charge in [0.25, 0.3) is 0 Å². The van der Waals surface area contributed by atoms with Crippen LogP contribution in [0.5, 0.6) is 5.75 Å². The number of rotatable bonds is 4. The highest BCUT2D eigenvalue weighted by atomic mass is 16.7. The van der Waals surface area contributed by atoms with Gasteiger partial charge in [-0.1, -0.05) is 24.3 Å². The van der Waals surface area contributed by atoms with Crippen molar-refractivity contribution in [2.75, 3.05) is 7.11 Å². The number of hydrogen-bond donors (Lipinski definition) is 0. The molecule has 0 aliphatic carbocycles. The Bertz CT molecular complexity index is 370. The minimum Gasteiger partial charge on any atom is -0.497 e. The van der Waals surface area contributed by atoms with Crippen LogP contribution < -0.4 is 4.74 Å². The standard InChI is InChI=1S/C14H18O3/c1-11-4-3-5-14(17-11)16-10-12-6-8-13(15-2)9-7-12/h3-4,6-9,11,14H,5,10H2,1-2H3/t11-,14-/m1/s1. The lowest BCUT2D eigenvalue weighted by molar-refractivity contribution is -0.165. The van der Waals surface area contributed by atoms with Crippen molar-refractivity contribution < 1.29 is 14.2 Å². The highest BCUT2D eigenvalue weighted by Crippen LogP contribution is 2.16. The number of ether oxygens (including phenoxy) is 3. The summed E-state index contributed by atoms with van der Waals surface area (Å²) < 4.78 is 16.4. The van der Waals surface area contributed by atoms with Crippen LogP contribution in [0.1, 0.15) is 18.9 Å². The van der Waals surface area contributed by atoms with Crippen LogP contribution in [0, 0.1) is 0 Å². The smallest absolute Gasteiger partial charge is 0.162 e.